The second-order valence-electron chi connectivity index (χ2n) is 3.47. The Morgan fingerprint density at radius 1 is 1.47 bits per heavy atom. The van der Waals surface area contributed by atoms with Crippen molar-refractivity contribution in [2.45, 2.75) is 6.92 Å². The summed E-state index contributed by atoms with van der Waals surface area (Å²) in [6, 6.07) is 5.53. The predicted molar refractivity (Wildman–Crippen MR) is 66.6 cm³/mol. The molecule has 0 aliphatic carbocycles. The molecule has 3 N–H and O–H groups in total. The highest BCUT2D eigenvalue weighted by atomic mass is 79.9. The van der Waals surface area contributed by atoms with E-state index in [9.17, 15) is 9.59 Å². The van der Waals surface area contributed by atoms with Crippen LogP contribution in [0.3, 0.4) is 0 Å². The van der Waals surface area contributed by atoms with Crippen molar-refractivity contribution in [2.24, 2.45) is 5.73 Å². The number of benzene rings is 1. The topological polar surface area (TPSA) is 81.4 Å². The maximum absolute atomic E-state index is 11.2. The second kappa shape index (κ2) is 6.24. The number of carbonyl (C=O) groups excluding carboxylic acids is 2. The Kier molecular flexibility index (Phi) is 4.96. The zero-order chi connectivity index (χ0) is 12.8. The van der Waals surface area contributed by atoms with Crippen LogP contribution in [-0.2, 0) is 9.59 Å². The Morgan fingerprint density at radius 3 is 2.76 bits per heavy atom. The van der Waals surface area contributed by atoms with Gasteiger partial charge in [-0.3, -0.25) is 9.59 Å². The zero-order valence-electron chi connectivity index (χ0n) is 9.33. The minimum Gasteiger partial charge on any atom is -0.483 e. The fraction of sp³-hybridized carbons (Fsp3) is 0.273. The van der Waals surface area contributed by atoms with Crippen LogP contribution in [0, 0.1) is 6.92 Å². The highest BCUT2D eigenvalue weighted by Gasteiger charge is 2.06. The molecule has 0 spiro atoms. The van der Waals surface area contributed by atoms with Gasteiger partial charge in [-0.25, -0.2) is 0 Å². The van der Waals surface area contributed by atoms with E-state index in [0.717, 1.165) is 10.0 Å². The van der Waals surface area contributed by atoms with E-state index in [-0.39, 0.29) is 13.2 Å². The normalized spacial score (nSPS) is 9.76. The average molecular weight is 301 g/mol. The molecule has 2 amide bonds. The fourth-order valence-corrected chi connectivity index (χ4v) is 1.71. The molecule has 0 heterocycles. The van der Waals surface area contributed by atoms with Crippen molar-refractivity contribution in [1.82, 2.24) is 5.32 Å². The summed E-state index contributed by atoms with van der Waals surface area (Å²) in [5, 5.41) is 2.33. The van der Waals surface area contributed by atoms with E-state index in [1.165, 1.54) is 0 Å². The first-order chi connectivity index (χ1) is 7.99. The second-order valence-corrected chi connectivity index (χ2v) is 4.32. The summed E-state index contributed by atoms with van der Waals surface area (Å²) >= 11 is 3.33. The van der Waals surface area contributed by atoms with Crippen LogP contribution in [0.25, 0.3) is 0 Å². The maximum Gasteiger partial charge on any atom is 0.258 e. The molecule has 6 heteroatoms. The average Bonchev–Trinajstić information content (AvgIpc) is 2.25. The highest BCUT2D eigenvalue weighted by molar-refractivity contribution is 9.10. The monoisotopic (exact) mass is 300 g/mol. The summed E-state index contributed by atoms with van der Waals surface area (Å²) in [6.45, 7) is 1.61. The van der Waals surface area contributed by atoms with Crippen LogP contribution in [0.5, 0.6) is 5.75 Å². The first-order valence-electron chi connectivity index (χ1n) is 4.93. The van der Waals surface area contributed by atoms with Gasteiger partial charge in [-0.2, -0.15) is 0 Å². The third kappa shape index (κ3) is 4.86. The van der Waals surface area contributed by atoms with E-state index in [2.05, 4.69) is 21.2 Å². The van der Waals surface area contributed by atoms with Gasteiger partial charge in [-0.15, -0.1) is 0 Å². The summed E-state index contributed by atoms with van der Waals surface area (Å²) in [5.74, 6) is -0.407. The molecule has 0 atom stereocenters. The van der Waals surface area contributed by atoms with Crippen molar-refractivity contribution in [3.63, 3.8) is 0 Å². The molecule has 92 valence electrons. The lowest BCUT2D eigenvalue weighted by Crippen LogP contribution is -2.36. The number of rotatable bonds is 5. The molecule has 17 heavy (non-hydrogen) atoms. The Morgan fingerprint density at radius 2 is 2.18 bits per heavy atom. The van der Waals surface area contributed by atoms with Crippen molar-refractivity contribution < 1.29 is 14.3 Å². The molecule has 1 aromatic carbocycles. The predicted octanol–water partition coefficient (Wildman–Crippen LogP) is 0.738. The lowest BCUT2D eigenvalue weighted by molar-refractivity contribution is -0.126. The molecule has 0 fully saturated rings. The number of aryl methyl sites for hydroxylation is 1. The summed E-state index contributed by atoms with van der Waals surface area (Å²) in [5.41, 5.74) is 5.97. The summed E-state index contributed by atoms with van der Waals surface area (Å²) in [6.07, 6.45) is 0. The van der Waals surface area contributed by atoms with Crippen molar-refractivity contribution in [3.05, 3.63) is 28.2 Å². The number of primary amides is 1. The first-order valence-corrected chi connectivity index (χ1v) is 5.72. The molecule has 0 saturated heterocycles. The molecule has 0 unspecified atom stereocenters. The molecular weight excluding hydrogens is 288 g/mol. The van der Waals surface area contributed by atoms with Crippen LogP contribution in [0.4, 0.5) is 0 Å². The minimum absolute atomic E-state index is 0.158. The van der Waals surface area contributed by atoms with Crippen molar-refractivity contribution in [1.29, 1.82) is 0 Å². The van der Waals surface area contributed by atoms with E-state index in [0.29, 0.717) is 5.75 Å². The number of carbonyl (C=O) groups is 2. The van der Waals surface area contributed by atoms with E-state index >= 15 is 0 Å². The molecule has 0 bridgehead atoms. The molecule has 0 saturated carbocycles. The number of nitrogens with one attached hydrogen (secondary N) is 1. The van der Waals surface area contributed by atoms with Gasteiger partial charge in [0.25, 0.3) is 5.91 Å². The molecule has 0 aliphatic rings. The first kappa shape index (κ1) is 13.5. The summed E-state index contributed by atoms with van der Waals surface area (Å²) < 4.78 is 6.05. The Hall–Kier alpha value is -1.56. The van der Waals surface area contributed by atoms with Crippen LogP contribution >= 0.6 is 15.9 Å². The summed E-state index contributed by atoms with van der Waals surface area (Å²) in [7, 11) is 0. The Balaban J connectivity index is 2.44. The molecule has 0 aromatic heterocycles. The lowest BCUT2D eigenvalue weighted by Gasteiger charge is -2.08. The number of nitrogens with two attached hydrogens (primary N) is 1. The zero-order valence-corrected chi connectivity index (χ0v) is 10.9. The number of amides is 2. The SMILES string of the molecule is Cc1ccc(OCC(=O)NCC(N)=O)c(Br)c1. The van der Waals surface area contributed by atoms with E-state index < -0.39 is 11.8 Å². The van der Waals surface area contributed by atoms with Crippen molar-refractivity contribution >= 4 is 27.7 Å². The smallest absolute Gasteiger partial charge is 0.258 e. The van der Waals surface area contributed by atoms with Gasteiger partial charge in [-0.05, 0) is 40.5 Å². The van der Waals surface area contributed by atoms with Crippen LogP contribution in [-0.4, -0.2) is 25.0 Å². The maximum atomic E-state index is 11.2. The quantitative estimate of drug-likeness (QED) is 0.841. The molecule has 1 aromatic rings. The number of halogens is 1. The Bertz CT molecular complexity index is 435. The van der Waals surface area contributed by atoms with Crippen LogP contribution < -0.4 is 15.8 Å². The number of hydrogen-bond donors (Lipinski definition) is 2. The van der Waals surface area contributed by atoms with E-state index in [1.807, 2.05) is 19.1 Å². The van der Waals surface area contributed by atoms with Crippen molar-refractivity contribution in [2.75, 3.05) is 13.2 Å². The molecule has 1 rings (SSSR count). The standard InChI is InChI=1S/C11H13BrN2O3/c1-7-2-3-9(8(12)4-7)17-6-11(16)14-5-10(13)15/h2-4H,5-6H2,1H3,(H2,13,15)(H,14,16). The number of hydrogen-bond acceptors (Lipinski definition) is 3. The van der Waals surface area contributed by atoms with Gasteiger partial charge in [0.2, 0.25) is 5.91 Å². The van der Waals surface area contributed by atoms with Gasteiger partial charge in [0, 0.05) is 0 Å². The van der Waals surface area contributed by atoms with Gasteiger partial charge in [0.1, 0.15) is 5.75 Å². The van der Waals surface area contributed by atoms with Gasteiger partial charge in [0.15, 0.2) is 6.61 Å². The van der Waals surface area contributed by atoms with Crippen molar-refractivity contribution in [3.8, 4) is 5.75 Å². The van der Waals surface area contributed by atoms with Gasteiger partial charge < -0.3 is 15.8 Å². The third-order valence-corrected chi connectivity index (χ3v) is 2.53. The third-order valence-electron chi connectivity index (χ3n) is 1.91. The lowest BCUT2D eigenvalue weighted by atomic mass is 10.2. The van der Waals surface area contributed by atoms with Gasteiger partial charge in [0.05, 0.1) is 11.0 Å². The van der Waals surface area contributed by atoms with Crippen LogP contribution in [0.2, 0.25) is 0 Å². The fourth-order valence-electron chi connectivity index (χ4n) is 1.10. The molecule has 0 aliphatic heterocycles. The summed E-state index contributed by atoms with van der Waals surface area (Å²) in [4.78, 5) is 21.7. The largest absolute Gasteiger partial charge is 0.483 e. The molecular formula is C11H13BrN2O3. The van der Waals surface area contributed by atoms with Gasteiger partial charge >= 0.3 is 0 Å². The molecule has 5 nitrogen and oxygen atoms in total. The van der Waals surface area contributed by atoms with Gasteiger partial charge in [-0.1, -0.05) is 6.07 Å². The molecule has 0 radical (unpaired) electrons. The number of ether oxygens (including phenoxy) is 1. The van der Waals surface area contributed by atoms with E-state index in [4.69, 9.17) is 10.5 Å². The van der Waals surface area contributed by atoms with Crippen LogP contribution in [0.15, 0.2) is 22.7 Å². The Labute approximate surface area is 107 Å². The minimum atomic E-state index is -0.588. The van der Waals surface area contributed by atoms with E-state index in [1.54, 1.807) is 6.07 Å². The highest BCUT2D eigenvalue weighted by Crippen LogP contribution is 2.25. The van der Waals surface area contributed by atoms with Crippen LogP contribution in [0.1, 0.15) is 5.56 Å².